The van der Waals surface area contributed by atoms with Gasteiger partial charge < -0.3 is 14.4 Å². The molecule has 52 heavy (non-hydrogen) atoms. The molecule has 3 aromatic carbocycles. The van der Waals surface area contributed by atoms with Crippen molar-refractivity contribution in [3.8, 4) is 16.9 Å². The van der Waals surface area contributed by atoms with Gasteiger partial charge in [0.05, 0.1) is 31.1 Å². The van der Waals surface area contributed by atoms with Gasteiger partial charge >= 0.3 is 5.97 Å². The van der Waals surface area contributed by atoms with Crippen LogP contribution in [0.2, 0.25) is 5.02 Å². The van der Waals surface area contributed by atoms with Gasteiger partial charge in [-0.05, 0) is 79.7 Å². The van der Waals surface area contributed by atoms with Crippen molar-refractivity contribution in [1.82, 2.24) is 33.2 Å². The van der Waals surface area contributed by atoms with Crippen LogP contribution in [0.5, 0.6) is 5.75 Å². The fourth-order valence-electron chi connectivity index (χ4n) is 7.01. The lowest BCUT2D eigenvalue weighted by atomic mass is 9.96. The number of rotatable bonds is 3. The summed E-state index contributed by atoms with van der Waals surface area (Å²) in [7, 11) is 0.931. The van der Waals surface area contributed by atoms with Crippen molar-refractivity contribution in [2.24, 2.45) is 14.1 Å². The average molecular weight is 766 g/mol. The van der Waals surface area contributed by atoms with Crippen LogP contribution in [-0.2, 0) is 49.7 Å². The molecule has 4 heterocycles. The summed E-state index contributed by atoms with van der Waals surface area (Å²) in [5, 5.41) is 22.4. The van der Waals surface area contributed by atoms with Crippen LogP contribution in [-0.4, -0.2) is 61.6 Å². The highest BCUT2D eigenvalue weighted by Crippen LogP contribution is 2.43. The summed E-state index contributed by atoms with van der Waals surface area (Å²) in [5.41, 5.74) is 5.07. The van der Waals surface area contributed by atoms with Crippen LogP contribution >= 0.6 is 23.4 Å². The summed E-state index contributed by atoms with van der Waals surface area (Å²) in [4.78, 5) is 13.7. The SMILES string of the molecule is CNS(=O)(=O)N1Cc2cc(n(C)n2)CSc2cc(c3ccc(F)cc3c2)OCCCn2c(C(=O)O)c(C)c3c(c(Cl)ccc32)-c2c(nn(C)c2C)C1. The molecule has 6 aromatic rings. The molecule has 1 aliphatic rings. The minimum Gasteiger partial charge on any atom is -0.493 e. The number of hydrogen-bond acceptors (Lipinski definition) is 7. The van der Waals surface area contributed by atoms with E-state index in [0.717, 1.165) is 21.7 Å². The lowest BCUT2D eigenvalue weighted by Crippen LogP contribution is -2.38. The lowest BCUT2D eigenvalue weighted by Gasteiger charge is -2.20. The Bertz CT molecular complexity index is 2510. The number of carbonyl (C=O) groups is 1. The number of thioether (sulfide) groups is 1. The topological polar surface area (TPSA) is 137 Å². The number of nitrogens with zero attached hydrogens (tertiary/aromatic N) is 6. The molecule has 0 saturated heterocycles. The maximum absolute atomic E-state index is 14.4. The zero-order valence-corrected chi connectivity index (χ0v) is 31.6. The van der Waals surface area contributed by atoms with E-state index in [2.05, 4.69) is 9.82 Å². The predicted molar refractivity (Wildman–Crippen MR) is 200 cm³/mol. The third-order valence-corrected chi connectivity index (χ3v) is 12.4. The molecule has 1 aliphatic heterocycles. The summed E-state index contributed by atoms with van der Waals surface area (Å²) in [6.07, 6.45) is 0.466. The molecule has 0 aliphatic carbocycles. The molecule has 0 saturated carbocycles. The summed E-state index contributed by atoms with van der Waals surface area (Å²) >= 11 is 8.51. The van der Waals surface area contributed by atoms with Crippen LogP contribution < -0.4 is 9.46 Å². The molecule has 16 heteroatoms. The number of ether oxygens (including phenoxy) is 1. The Balaban J connectivity index is 1.43. The molecule has 0 atom stereocenters. The van der Waals surface area contributed by atoms with Crippen LogP contribution in [0.4, 0.5) is 4.39 Å². The van der Waals surface area contributed by atoms with E-state index in [1.807, 2.05) is 38.2 Å². The quantitative estimate of drug-likeness (QED) is 0.206. The van der Waals surface area contributed by atoms with E-state index in [1.165, 1.54) is 35.2 Å². The predicted octanol–water partition coefficient (Wildman–Crippen LogP) is 6.58. The first kappa shape index (κ1) is 36.0. The fourth-order valence-corrected chi connectivity index (χ4v) is 9.10. The zero-order valence-electron chi connectivity index (χ0n) is 29.2. The first-order valence-electron chi connectivity index (χ1n) is 16.5. The van der Waals surface area contributed by atoms with Gasteiger partial charge in [-0.15, -0.1) is 11.8 Å². The summed E-state index contributed by atoms with van der Waals surface area (Å²) in [5.74, 6) is -0.363. The first-order valence-corrected chi connectivity index (χ1v) is 19.3. The number of benzene rings is 3. The molecule has 0 fully saturated rings. The van der Waals surface area contributed by atoms with Crippen molar-refractivity contribution in [2.75, 3.05) is 13.7 Å². The number of carboxylic acid groups (broad SMARTS) is 1. The van der Waals surface area contributed by atoms with E-state index in [-0.39, 0.29) is 31.2 Å². The number of aromatic nitrogens is 5. The van der Waals surface area contributed by atoms with E-state index < -0.39 is 16.2 Å². The van der Waals surface area contributed by atoms with Gasteiger partial charge in [-0.1, -0.05) is 11.6 Å². The number of nitrogens with one attached hydrogen (secondary N) is 1. The van der Waals surface area contributed by atoms with Gasteiger partial charge in [0, 0.05) is 82.2 Å². The third-order valence-electron chi connectivity index (χ3n) is 9.59. The van der Waals surface area contributed by atoms with Crippen LogP contribution in [0.25, 0.3) is 32.8 Å². The van der Waals surface area contributed by atoms with Crippen molar-refractivity contribution in [3.05, 3.63) is 93.4 Å². The fraction of sp³-hybridized carbons (Fsp3) is 0.306. The Morgan fingerprint density at radius 2 is 1.83 bits per heavy atom. The second-order valence-electron chi connectivity index (χ2n) is 12.8. The molecule has 272 valence electrons. The number of hydrogen-bond donors (Lipinski definition) is 2. The highest BCUT2D eigenvalue weighted by Gasteiger charge is 2.30. The van der Waals surface area contributed by atoms with Gasteiger partial charge in [0.1, 0.15) is 17.3 Å². The maximum atomic E-state index is 14.4. The highest BCUT2D eigenvalue weighted by atomic mass is 35.5. The molecule has 0 spiro atoms. The van der Waals surface area contributed by atoms with Crippen molar-refractivity contribution < 1.29 is 27.4 Å². The molecular weight excluding hydrogens is 729 g/mol. The third kappa shape index (κ3) is 6.45. The molecular formula is C36H37ClFN7O5S2. The second-order valence-corrected chi connectivity index (χ2v) is 16.1. The minimum atomic E-state index is -4.00. The standard InChI is InChI=1S/C36H37ClFN7O5S2/c1-20-32-30-10-9-28(37)34(32)33-21(2)42(4)41-29(33)18-44(52(48,49)39-3)17-24-15-25(43(5)40-24)19-51-26-14-22-13-23(38)7-8-27(22)31(16-26)50-12-6-11-45(30)35(20)36(46)47/h7-10,13-16,39H,6,11-12,17-19H2,1-5H3,(H,46,47). The average Bonchev–Trinajstić information content (AvgIpc) is 3.69. The summed E-state index contributed by atoms with van der Waals surface area (Å²) in [6.45, 7) is 4.05. The Labute approximate surface area is 309 Å². The molecule has 0 amide bonds. The molecule has 0 unspecified atom stereocenters. The first-order chi connectivity index (χ1) is 24.8. The molecule has 2 N–H and O–H groups in total. The smallest absolute Gasteiger partial charge is 0.352 e. The molecule has 12 nitrogen and oxygen atoms in total. The van der Waals surface area contributed by atoms with E-state index in [0.29, 0.717) is 73.9 Å². The summed E-state index contributed by atoms with van der Waals surface area (Å²) < 4.78 is 56.7. The molecule has 0 radical (unpaired) electrons. The van der Waals surface area contributed by atoms with Crippen molar-refractivity contribution in [2.45, 2.75) is 50.6 Å². The number of aromatic carboxylic acids is 1. The van der Waals surface area contributed by atoms with Crippen molar-refractivity contribution in [1.29, 1.82) is 0 Å². The molecule has 8 bridgehead atoms. The Morgan fingerprint density at radius 1 is 1.04 bits per heavy atom. The maximum Gasteiger partial charge on any atom is 0.352 e. The van der Waals surface area contributed by atoms with Crippen molar-refractivity contribution in [3.63, 3.8) is 0 Å². The van der Waals surface area contributed by atoms with Gasteiger partial charge in [0.25, 0.3) is 10.2 Å². The Hall–Kier alpha value is -4.41. The van der Waals surface area contributed by atoms with Crippen LogP contribution in [0.3, 0.4) is 0 Å². The minimum absolute atomic E-state index is 0.0551. The number of fused-ring (bicyclic) bond motifs is 8. The summed E-state index contributed by atoms with van der Waals surface area (Å²) in [6, 6.07) is 13.8. The largest absolute Gasteiger partial charge is 0.493 e. The number of carboxylic acids is 1. The van der Waals surface area contributed by atoms with Crippen LogP contribution in [0.1, 0.15) is 45.2 Å². The Morgan fingerprint density at radius 3 is 2.58 bits per heavy atom. The van der Waals surface area contributed by atoms with E-state index >= 15 is 0 Å². The normalized spacial score (nSPS) is 14.8. The van der Waals surface area contributed by atoms with E-state index in [4.69, 9.17) is 21.4 Å². The van der Waals surface area contributed by atoms with Crippen LogP contribution in [0.15, 0.2) is 53.4 Å². The van der Waals surface area contributed by atoms with Crippen LogP contribution in [0, 0.1) is 19.7 Å². The number of aryl methyl sites for hydroxylation is 4. The van der Waals surface area contributed by atoms with E-state index in [1.54, 1.807) is 40.0 Å². The second kappa shape index (κ2) is 13.9. The number of halogens is 2. The van der Waals surface area contributed by atoms with Gasteiger partial charge in [0.15, 0.2) is 0 Å². The van der Waals surface area contributed by atoms with E-state index in [9.17, 15) is 22.7 Å². The van der Waals surface area contributed by atoms with Gasteiger partial charge in [-0.25, -0.2) is 13.9 Å². The zero-order chi connectivity index (χ0) is 37.1. The Kier molecular flexibility index (Phi) is 9.59. The van der Waals surface area contributed by atoms with Gasteiger partial charge in [-0.3, -0.25) is 9.36 Å². The monoisotopic (exact) mass is 765 g/mol. The highest BCUT2D eigenvalue weighted by molar-refractivity contribution is 7.98. The van der Waals surface area contributed by atoms with Gasteiger partial charge in [-0.2, -0.15) is 22.9 Å². The molecule has 3 aromatic heterocycles. The molecule has 7 rings (SSSR count). The lowest BCUT2D eigenvalue weighted by molar-refractivity contribution is 0.0684. The van der Waals surface area contributed by atoms with Crippen molar-refractivity contribution >= 4 is 61.2 Å². The van der Waals surface area contributed by atoms with Gasteiger partial charge in [0.2, 0.25) is 0 Å².